The molecule has 164 valence electrons. The number of aryl methyl sites for hydroxylation is 4. The molecule has 2 radical (unpaired) electrons. The molecule has 0 fully saturated rings. The monoisotopic (exact) mass is 524 g/mol. The van der Waals surface area contributed by atoms with Crippen LogP contribution in [0.1, 0.15) is 61.2 Å². The molecule has 0 heterocycles. The van der Waals surface area contributed by atoms with Crippen molar-refractivity contribution in [1.29, 1.82) is 0 Å². The van der Waals surface area contributed by atoms with E-state index in [0.717, 1.165) is 9.52 Å². The molecule has 0 aliphatic rings. The summed E-state index contributed by atoms with van der Waals surface area (Å²) in [5, 5.41) is 1.47. The Hall–Kier alpha value is -0.409. The maximum Gasteiger partial charge on any atom is 4.00 e. The average Bonchev–Trinajstić information content (AvgIpc) is 2.78. The molecule has 0 bridgehead atoms. The molecule has 0 aliphatic heterocycles. The van der Waals surface area contributed by atoms with Crippen LogP contribution < -0.4 is 42.4 Å². The maximum atomic E-state index is 2.41. The number of rotatable bonds is 4. The topological polar surface area (TPSA) is 0 Å². The molecule has 1 unspecified atom stereocenters. The van der Waals surface area contributed by atoms with E-state index in [9.17, 15) is 0 Å². The van der Waals surface area contributed by atoms with Crippen LogP contribution in [0.2, 0.25) is 0 Å². The number of hydrogen-bond donors (Lipinski definition) is 0. The van der Waals surface area contributed by atoms with E-state index in [1.54, 1.807) is 5.56 Å². The first kappa shape index (κ1) is 32.8. The fraction of sp³-hybridized carbons (Fsp3) is 0.346. The second kappa shape index (κ2) is 13.3. The van der Waals surface area contributed by atoms with Gasteiger partial charge in [-0.05, 0) is 38.8 Å². The molecule has 0 N–H and O–H groups in total. The minimum Gasteiger partial charge on any atom is -1.00 e. The second-order valence-electron chi connectivity index (χ2n) is 8.23. The van der Waals surface area contributed by atoms with Gasteiger partial charge in [-0.25, -0.2) is 0 Å². The summed E-state index contributed by atoms with van der Waals surface area (Å²) in [4.78, 5) is 0. The van der Waals surface area contributed by atoms with E-state index in [0.29, 0.717) is 5.54 Å². The van der Waals surface area contributed by atoms with Crippen molar-refractivity contribution in [2.45, 2.75) is 60.9 Å². The Morgan fingerprint density at radius 3 is 1.61 bits per heavy atom. The van der Waals surface area contributed by atoms with Crippen LogP contribution >= 0.6 is 0 Å². The molecule has 0 aliphatic carbocycles. The van der Waals surface area contributed by atoms with Gasteiger partial charge in [-0.15, -0.1) is 5.56 Å². The van der Waals surface area contributed by atoms with Crippen LogP contribution in [0.3, 0.4) is 0 Å². The van der Waals surface area contributed by atoms with Crippen molar-refractivity contribution in [1.82, 2.24) is 0 Å². The summed E-state index contributed by atoms with van der Waals surface area (Å²) in [6.07, 6.45) is 0. The molecule has 0 spiro atoms. The van der Waals surface area contributed by atoms with Crippen molar-refractivity contribution in [2.24, 2.45) is 0 Å². The van der Waals surface area contributed by atoms with Crippen LogP contribution in [0, 0.1) is 55.4 Å². The van der Waals surface area contributed by atoms with Crippen molar-refractivity contribution >= 4 is 14.7 Å². The Labute approximate surface area is 225 Å². The minimum atomic E-state index is 0. The summed E-state index contributed by atoms with van der Waals surface area (Å²) < 4.78 is 0. The summed E-state index contributed by atoms with van der Waals surface area (Å²) in [5.74, 6) is 0. The molecule has 3 rings (SSSR count). The number of benzene rings is 2. The molecule has 3 aromatic carbocycles. The zero-order chi connectivity index (χ0) is 19.9. The average molecular weight is 526 g/mol. The van der Waals surface area contributed by atoms with E-state index in [1.807, 2.05) is 0 Å². The predicted molar refractivity (Wildman–Crippen MR) is 120 cm³/mol. The van der Waals surface area contributed by atoms with Gasteiger partial charge in [0.15, 0.2) is 0 Å². The van der Waals surface area contributed by atoms with E-state index < -0.39 is 0 Å². The SMILES string of the molecule is Cc1cc(C)cc([Si]C(c2cc(C)ccc2C)[c-]2c(C)c(C)c(C)c2C)c1.[Cl-].[Cl-].[Cl-].[Ti+4]. The van der Waals surface area contributed by atoms with Gasteiger partial charge in [0.05, 0.1) is 9.52 Å². The number of hydrogen-bond acceptors (Lipinski definition) is 0. The molecule has 31 heavy (non-hydrogen) atoms. The van der Waals surface area contributed by atoms with E-state index in [2.05, 4.69) is 91.8 Å². The third-order valence-electron chi connectivity index (χ3n) is 6.06. The van der Waals surface area contributed by atoms with Crippen molar-refractivity contribution in [3.05, 3.63) is 92.0 Å². The summed E-state index contributed by atoms with van der Waals surface area (Å²) in [7, 11) is 0.738. The van der Waals surface area contributed by atoms with Gasteiger partial charge in [0.2, 0.25) is 0 Å². The van der Waals surface area contributed by atoms with Crippen LogP contribution in [0.25, 0.3) is 0 Å². The van der Waals surface area contributed by atoms with Crippen molar-refractivity contribution in [3.8, 4) is 0 Å². The summed E-state index contributed by atoms with van der Waals surface area (Å²) in [6.45, 7) is 18.1. The largest absolute Gasteiger partial charge is 4.00 e. The fourth-order valence-electron chi connectivity index (χ4n) is 4.28. The predicted octanol–water partition coefficient (Wildman–Crippen LogP) is -3.00. The van der Waals surface area contributed by atoms with Gasteiger partial charge in [0, 0.05) is 0 Å². The molecule has 0 aromatic heterocycles. The van der Waals surface area contributed by atoms with E-state index >= 15 is 0 Å². The zero-order valence-corrected chi connectivity index (χ0v) is 24.5. The van der Waals surface area contributed by atoms with Gasteiger partial charge in [0.1, 0.15) is 0 Å². The number of halogens is 3. The van der Waals surface area contributed by atoms with Crippen LogP contribution in [-0.4, -0.2) is 9.52 Å². The Morgan fingerprint density at radius 1 is 0.645 bits per heavy atom. The quantitative estimate of drug-likeness (QED) is 0.252. The first-order valence-electron chi connectivity index (χ1n) is 9.84. The molecule has 3 aromatic rings. The molecular formula is C26H31Cl3SiTi. The van der Waals surface area contributed by atoms with Gasteiger partial charge in [-0.3, -0.25) is 0 Å². The van der Waals surface area contributed by atoms with Gasteiger partial charge in [0.25, 0.3) is 0 Å². The normalized spacial score (nSPS) is 10.8. The summed E-state index contributed by atoms with van der Waals surface area (Å²) >= 11 is 0. The Balaban J connectivity index is 0. The third kappa shape index (κ3) is 7.03. The van der Waals surface area contributed by atoms with Gasteiger partial charge in [-0.2, -0.15) is 22.3 Å². The smallest absolute Gasteiger partial charge is 1.00 e. The Morgan fingerprint density at radius 2 is 1.13 bits per heavy atom. The minimum absolute atomic E-state index is 0. The van der Waals surface area contributed by atoms with Crippen LogP contribution in [0.15, 0.2) is 36.4 Å². The standard InChI is InChI=1S/C26H31Si.3ClH.Ti/c1-15-9-10-18(4)24(14-15)26(25-21(7)19(5)20(6)22(25)8)27-23-12-16(2)11-17(3)13-23;;;;/h9-14,26H,1-8H3;3*1H;/q-1;;;;+4/p-3. The van der Waals surface area contributed by atoms with Crippen molar-refractivity contribution in [3.63, 3.8) is 0 Å². The molecule has 0 amide bonds. The van der Waals surface area contributed by atoms with E-state index in [4.69, 9.17) is 0 Å². The first-order chi connectivity index (χ1) is 12.7. The van der Waals surface area contributed by atoms with Gasteiger partial charge in [-0.1, -0.05) is 91.5 Å². The third-order valence-corrected chi connectivity index (χ3v) is 7.57. The van der Waals surface area contributed by atoms with E-state index in [1.165, 1.54) is 55.3 Å². The van der Waals surface area contributed by atoms with Gasteiger partial charge >= 0.3 is 21.7 Å². The summed E-state index contributed by atoms with van der Waals surface area (Å²) in [6, 6.07) is 13.9. The summed E-state index contributed by atoms with van der Waals surface area (Å²) in [5.41, 5.74) is 14.8. The second-order valence-corrected chi connectivity index (χ2v) is 9.67. The fourth-order valence-corrected chi connectivity index (χ4v) is 6.28. The molecule has 0 saturated heterocycles. The Bertz CT molecular complexity index is 963. The van der Waals surface area contributed by atoms with Crippen LogP contribution in [0.5, 0.6) is 0 Å². The van der Waals surface area contributed by atoms with Crippen molar-refractivity contribution in [2.75, 3.05) is 0 Å². The molecule has 0 nitrogen and oxygen atoms in total. The zero-order valence-electron chi connectivity index (χ0n) is 19.7. The van der Waals surface area contributed by atoms with Crippen LogP contribution in [0.4, 0.5) is 0 Å². The Kier molecular flexibility index (Phi) is 14.1. The molecular weight excluding hydrogens is 495 g/mol. The molecule has 0 saturated carbocycles. The van der Waals surface area contributed by atoms with Gasteiger partial charge < -0.3 is 37.2 Å². The maximum absolute atomic E-state index is 2.41. The van der Waals surface area contributed by atoms with Crippen LogP contribution in [-0.2, 0) is 21.7 Å². The molecule has 1 atom stereocenters. The van der Waals surface area contributed by atoms with Crippen molar-refractivity contribution < 1.29 is 58.9 Å². The molecule has 5 heteroatoms. The first-order valence-corrected chi connectivity index (χ1v) is 10.9. The van der Waals surface area contributed by atoms with E-state index in [-0.39, 0.29) is 58.9 Å².